The summed E-state index contributed by atoms with van der Waals surface area (Å²) in [5, 5.41) is 23.5. The van der Waals surface area contributed by atoms with Crippen molar-refractivity contribution in [2.45, 2.75) is 13.5 Å². The summed E-state index contributed by atoms with van der Waals surface area (Å²) in [5.41, 5.74) is 0.502. The maximum Gasteiger partial charge on any atom is 0.343 e. The molecule has 0 unspecified atom stereocenters. The lowest BCUT2D eigenvalue weighted by atomic mass is 10.5. The Balaban J connectivity index is 2.13. The number of fused-ring (bicyclic) bond motifs is 1. The van der Waals surface area contributed by atoms with Crippen LogP contribution in [0.2, 0.25) is 0 Å². The van der Waals surface area contributed by atoms with Crippen molar-refractivity contribution in [2.75, 3.05) is 14.1 Å². The van der Waals surface area contributed by atoms with Crippen molar-refractivity contribution in [3.05, 3.63) is 28.4 Å². The quantitative estimate of drug-likeness (QED) is 0.298. The minimum atomic E-state index is -0.483. The van der Waals surface area contributed by atoms with Gasteiger partial charge in [-0.3, -0.25) is 0 Å². The summed E-state index contributed by atoms with van der Waals surface area (Å²) in [6.07, 6.45) is 2.82. The normalized spacial score (nSPS) is 11.5. The maximum atomic E-state index is 11.1. The van der Waals surface area contributed by atoms with Gasteiger partial charge >= 0.3 is 5.82 Å². The second kappa shape index (κ2) is 6.02. The van der Waals surface area contributed by atoms with Crippen LogP contribution in [0.25, 0.3) is 17.3 Å². The Kier molecular flexibility index (Phi) is 3.90. The minimum Gasteiger partial charge on any atom is -0.369 e. The number of aliphatic imine (C=N–C) groups is 1. The van der Waals surface area contributed by atoms with E-state index in [9.17, 15) is 10.1 Å². The molecule has 0 aliphatic carbocycles. The van der Waals surface area contributed by atoms with Gasteiger partial charge in [0.05, 0.1) is 12.9 Å². The molecule has 0 N–H and O–H groups in total. The second-order valence-electron chi connectivity index (χ2n) is 5.13. The Bertz CT molecular complexity index is 925. The summed E-state index contributed by atoms with van der Waals surface area (Å²) in [6.45, 7) is 2.17. The number of hydrogen-bond acceptors (Lipinski definition) is 7. The van der Waals surface area contributed by atoms with Gasteiger partial charge in [-0.15, -0.1) is 15.3 Å². The third kappa shape index (κ3) is 2.66. The Hall–Kier alpha value is -3.37. The van der Waals surface area contributed by atoms with Crippen molar-refractivity contribution >= 4 is 23.6 Å². The van der Waals surface area contributed by atoms with Crippen molar-refractivity contribution in [3.63, 3.8) is 0 Å². The summed E-state index contributed by atoms with van der Waals surface area (Å²) in [5.74, 6) is 1.01. The number of aromatic nitrogens is 6. The summed E-state index contributed by atoms with van der Waals surface area (Å²) < 4.78 is 2.93. The van der Waals surface area contributed by atoms with Gasteiger partial charge in [0.2, 0.25) is 5.82 Å². The topological polar surface area (TPSA) is 120 Å². The molecule has 0 aliphatic rings. The van der Waals surface area contributed by atoms with Crippen molar-refractivity contribution in [1.29, 1.82) is 0 Å². The molecule has 3 aromatic heterocycles. The molecule has 0 saturated carbocycles. The smallest absolute Gasteiger partial charge is 0.343 e. The number of nitrogens with zero attached hydrogens (tertiary/aromatic N) is 9. The van der Waals surface area contributed by atoms with E-state index in [1.54, 1.807) is 30.3 Å². The van der Waals surface area contributed by atoms with Gasteiger partial charge in [0.25, 0.3) is 5.82 Å². The van der Waals surface area contributed by atoms with Crippen LogP contribution >= 0.6 is 0 Å². The average molecular weight is 329 g/mol. The van der Waals surface area contributed by atoms with Gasteiger partial charge in [-0.25, -0.2) is 14.5 Å². The first-order valence-corrected chi connectivity index (χ1v) is 7.14. The van der Waals surface area contributed by atoms with Gasteiger partial charge in [0.15, 0.2) is 11.5 Å². The molecule has 3 heterocycles. The van der Waals surface area contributed by atoms with Crippen LogP contribution in [0.5, 0.6) is 0 Å². The molecule has 0 aliphatic heterocycles. The van der Waals surface area contributed by atoms with Gasteiger partial charge < -0.3 is 15.0 Å². The fraction of sp³-hybridized carbons (Fsp3) is 0.308. The van der Waals surface area contributed by atoms with E-state index in [4.69, 9.17) is 0 Å². The van der Waals surface area contributed by atoms with Crippen LogP contribution in [-0.2, 0) is 6.54 Å². The van der Waals surface area contributed by atoms with E-state index in [1.165, 1.54) is 15.3 Å². The molecule has 0 atom stereocenters. The van der Waals surface area contributed by atoms with Gasteiger partial charge in [0, 0.05) is 14.1 Å². The van der Waals surface area contributed by atoms with Gasteiger partial charge in [0.1, 0.15) is 6.20 Å². The van der Waals surface area contributed by atoms with Gasteiger partial charge in [-0.2, -0.15) is 4.52 Å². The van der Waals surface area contributed by atoms with Crippen LogP contribution < -0.4 is 0 Å². The van der Waals surface area contributed by atoms with Crippen LogP contribution in [0.4, 0.5) is 11.6 Å². The van der Waals surface area contributed by atoms with E-state index < -0.39 is 4.92 Å². The summed E-state index contributed by atoms with van der Waals surface area (Å²) in [4.78, 5) is 20.7. The van der Waals surface area contributed by atoms with Gasteiger partial charge in [-0.05, 0) is 24.0 Å². The zero-order valence-electron chi connectivity index (χ0n) is 13.4. The van der Waals surface area contributed by atoms with E-state index in [0.717, 1.165) is 0 Å². The fourth-order valence-corrected chi connectivity index (χ4v) is 2.16. The molecule has 0 saturated heterocycles. The lowest BCUT2D eigenvalue weighted by Crippen LogP contribution is -2.07. The molecule has 11 heteroatoms. The first-order valence-electron chi connectivity index (χ1n) is 7.14. The van der Waals surface area contributed by atoms with E-state index in [1.807, 2.05) is 14.1 Å². The molecule has 11 nitrogen and oxygen atoms in total. The number of nitro groups is 1. The van der Waals surface area contributed by atoms with Crippen molar-refractivity contribution in [3.8, 4) is 11.6 Å². The summed E-state index contributed by atoms with van der Waals surface area (Å²) >= 11 is 0. The SMILES string of the molecule is CCn1c([N+](=O)[O-])cnc1-c1nnc2ccc(N=CN(C)C)nn12. The fourth-order valence-electron chi connectivity index (χ4n) is 2.16. The molecule has 0 radical (unpaired) electrons. The van der Waals surface area contributed by atoms with Crippen LogP contribution in [0.15, 0.2) is 23.3 Å². The molecule has 24 heavy (non-hydrogen) atoms. The van der Waals surface area contributed by atoms with E-state index in [0.29, 0.717) is 29.7 Å². The second-order valence-corrected chi connectivity index (χ2v) is 5.13. The Labute approximate surface area is 136 Å². The monoisotopic (exact) mass is 329 g/mol. The standard InChI is InChI=1S/C13H15N9O2/c1-4-20-11(22(23)24)7-14-12(20)13-17-16-10-6-5-9(18-21(10)13)15-8-19(2)3/h5-8H,4H2,1-3H3. The first-order chi connectivity index (χ1) is 11.5. The first kappa shape index (κ1) is 15.5. The summed E-state index contributed by atoms with van der Waals surface area (Å²) in [6, 6.07) is 3.43. The highest BCUT2D eigenvalue weighted by atomic mass is 16.6. The molecule has 0 aromatic carbocycles. The molecule has 0 fully saturated rings. The van der Waals surface area contributed by atoms with Crippen LogP contribution in [0, 0.1) is 10.1 Å². The predicted molar refractivity (Wildman–Crippen MR) is 86.2 cm³/mol. The largest absolute Gasteiger partial charge is 0.369 e. The molecular weight excluding hydrogens is 314 g/mol. The third-order valence-electron chi connectivity index (χ3n) is 3.21. The minimum absolute atomic E-state index is 0.106. The number of hydrogen-bond donors (Lipinski definition) is 0. The zero-order chi connectivity index (χ0) is 17.3. The molecule has 3 aromatic rings. The zero-order valence-corrected chi connectivity index (χ0v) is 13.4. The van der Waals surface area contributed by atoms with E-state index in [2.05, 4.69) is 25.3 Å². The van der Waals surface area contributed by atoms with Crippen LogP contribution in [-0.4, -0.2) is 59.6 Å². The molecule has 0 spiro atoms. The van der Waals surface area contributed by atoms with Crippen LogP contribution in [0.1, 0.15) is 6.92 Å². The lowest BCUT2D eigenvalue weighted by Gasteiger charge is -2.03. The highest BCUT2D eigenvalue weighted by molar-refractivity contribution is 5.60. The molecule has 3 rings (SSSR count). The van der Waals surface area contributed by atoms with Gasteiger partial charge in [-0.1, -0.05) is 0 Å². The molecule has 0 amide bonds. The molecule has 0 bridgehead atoms. The molecular formula is C13H15N9O2. The predicted octanol–water partition coefficient (Wildman–Crippen LogP) is 1.14. The summed E-state index contributed by atoms with van der Waals surface area (Å²) in [7, 11) is 3.70. The number of rotatable bonds is 5. The highest BCUT2D eigenvalue weighted by Crippen LogP contribution is 2.23. The number of imidazole rings is 1. The lowest BCUT2D eigenvalue weighted by molar-refractivity contribution is -0.392. The Morgan fingerprint density at radius 1 is 1.33 bits per heavy atom. The highest BCUT2D eigenvalue weighted by Gasteiger charge is 2.24. The van der Waals surface area contributed by atoms with Crippen molar-refractivity contribution in [1.82, 2.24) is 34.3 Å². The Morgan fingerprint density at radius 2 is 2.12 bits per heavy atom. The Morgan fingerprint density at radius 3 is 2.79 bits per heavy atom. The van der Waals surface area contributed by atoms with Crippen LogP contribution in [0.3, 0.4) is 0 Å². The maximum absolute atomic E-state index is 11.1. The average Bonchev–Trinajstić information content (AvgIpc) is 3.15. The third-order valence-corrected chi connectivity index (χ3v) is 3.21. The van der Waals surface area contributed by atoms with Crippen molar-refractivity contribution in [2.24, 2.45) is 4.99 Å². The molecule has 124 valence electrons. The van der Waals surface area contributed by atoms with E-state index in [-0.39, 0.29) is 5.82 Å². The van der Waals surface area contributed by atoms with E-state index >= 15 is 0 Å². The van der Waals surface area contributed by atoms with Crippen molar-refractivity contribution < 1.29 is 4.92 Å².